The van der Waals surface area contributed by atoms with Crippen LogP contribution in [0.2, 0.25) is 0 Å². The molecule has 12 heavy (non-hydrogen) atoms. The Kier molecular flexibility index (Phi) is 4.85. The second kappa shape index (κ2) is 5.11. The summed E-state index contributed by atoms with van der Waals surface area (Å²) in [5, 5.41) is 0. The molecule has 4 nitrogen and oxygen atoms in total. The van der Waals surface area contributed by atoms with E-state index in [0.29, 0.717) is 12.3 Å². The summed E-state index contributed by atoms with van der Waals surface area (Å²) in [5.41, 5.74) is 10.8. The molecule has 4 heteroatoms. The summed E-state index contributed by atoms with van der Waals surface area (Å²) in [7, 11) is 0. The summed E-state index contributed by atoms with van der Waals surface area (Å²) >= 11 is 0. The van der Waals surface area contributed by atoms with Gasteiger partial charge in [-0.1, -0.05) is 13.8 Å². The fourth-order valence-electron chi connectivity index (χ4n) is 0.875. The van der Waals surface area contributed by atoms with Gasteiger partial charge in [-0.3, -0.25) is 10.5 Å². The van der Waals surface area contributed by atoms with E-state index < -0.39 is 18.2 Å². The first-order valence-electron chi connectivity index (χ1n) is 4.15. The number of carbonyl (C=O) groups is 1. The molecule has 0 aromatic heterocycles. The Morgan fingerprint density at radius 3 is 2.17 bits per heavy atom. The Bertz CT molecular complexity index is 146. The first-order valence-corrected chi connectivity index (χ1v) is 4.15. The van der Waals surface area contributed by atoms with Gasteiger partial charge >= 0.3 is 5.97 Å². The highest BCUT2D eigenvalue weighted by atomic mass is 16.6. The van der Waals surface area contributed by atoms with Crippen LogP contribution in [0.1, 0.15) is 27.2 Å². The molecule has 0 heterocycles. The van der Waals surface area contributed by atoms with Gasteiger partial charge in [-0.2, -0.15) is 0 Å². The van der Waals surface area contributed by atoms with E-state index in [2.05, 4.69) is 0 Å². The molecule has 0 aromatic carbocycles. The zero-order valence-electron chi connectivity index (χ0n) is 7.91. The molecule has 1 unspecified atom stereocenters. The molecular formula is C8H18N2O2. The molecule has 0 rings (SSSR count). The van der Waals surface area contributed by atoms with Crippen molar-refractivity contribution in [2.45, 2.75) is 39.5 Å². The molecule has 0 saturated heterocycles. The van der Waals surface area contributed by atoms with E-state index in [1.807, 2.05) is 13.8 Å². The molecule has 4 N–H and O–H groups in total. The van der Waals surface area contributed by atoms with Crippen LogP contribution in [0, 0.1) is 5.92 Å². The monoisotopic (exact) mass is 174 g/mol. The summed E-state index contributed by atoms with van der Waals surface area (Å²) in [6.07, 6.45) is 0.0571. The third-order valence-electron chi connectivity index (χ3n) is 1.33. The average Bonchev–Trinajstić information content (AvgIpc) is 1.84. The molecule has 0 saturated carbocycles. The summed E-state index contributed by atoms with van der Waals surface area (Å²) in [4.78, 5) is 11.1. The number of hydrogen-bond acceptors (Lipinski definition) is 4. The second-order valence-corrected chi connectivity index (χ2v) is 3.38. The van der Waals surface area contributed by atoms with E-state index in [0.717, 1.165) is 0 Å². The minimum Gasteiger partial charge on any atom is -0.446 e. The van der Waals surface area contributed by atoms with Crippen LogP contribution in [0.25, 0.3) is 0 Å². The third-order valence-corrected chi connectivity index (χ3v) is 1.33. The summed E-state index contributed by atoms with van der Waals surface area (Å²) in [6, 6.07) is -0.545. The third kappa shape index (κ3) is 5.09. The van der Waals surface area contributed by atoms with Crippen LogP contribution in [0.4, 0.5) is 0 Å². The topological polar surface area (TPSA) is 78.3 Å². The van der Waals surface area contributed by atoms with Crippen LogP contribution in [-0.2, 0) is 9.53 Å². The minimum absolute atomic E-state index is 0.389. The minimum atomic E-state index is -0.573. The number of hydrogen-bond donors (Lipinski definition) is 2. The molecule has 0 fully saturated rings. The quantitative estimate of drug-likeness (QED) is 0.471. The fourth-order valence-corrected chi connectivity index (χ4v) is 0.875. The van der Waals surface area contributed by atoms with Crippen LogP contribution < -0.4 is 11.5 Å². The normalized spacial score (nSPS) is 15.8. The van der Waals surface area contributed by atoms with E-state index in [1.54, 1.807) is 6.92 Å². The molecule has 0 aliphatic heterocycles. The lowest BCUT2D eigenvalue weighted by atomic mass is 10.1. The van der Waals surface area contributed by atoms with Crippen molar-refractivity contribution in [1.82, 2.24) is 0 Å². The van der Waals surface area contributed by atoms with Gasteiger partial charge in [0.05, 0.1) is 0 Å². The molecule has 0 amide bonds. The molecule has 0 radical (unpaired) electrons. The van der Waals surface area contributed by atoms with Crippen molar-refractivity contribution in [3.05, 3.63) is 0 Å². The van der Waals surface area contributed by atoms with E-state index in [1.165, 1.54) is 0 Å². The Morgan fingerprint density at radius 2 is 1.83 bits per heavy atom. The summed E-state index contributed by atoms with van der Waals surface area (Å²) < 4.78 is 4.73. The van der Waals surface area contributed by atoms with Crippen LogP contribution in [0.5, 0.6) is 0 Å². The number of esters is 1. The van der Waals surface area contributed by atoms with Gasteiger partial charge in [-0.15, -0.1) is 0 Å². The lowest BCUT2D eigenvalue weighted by Gasteiger charge is -2.14. The van der Waals surface area contributed by atoms with E-state index in [-0.39, 0.29) is 0 Å². The van der Waals surface area contributed by atoms with Crippen LogP contribution in [-0.4, -0.2) is 18.2 Å². The largest absolute Gasteiger partial charge is 0.446 e. The van der Waals surface area contributed by atoms with E-state index in [9.17, 15) is 4.79 Å². The van der Waals surface area contributed by atoms with Gasteiger partial charge in [0.1, 0.15) is 12.3 Å². The van der Waals surface area contributed by atoms with Crippen LogP contribution in [0.3, 0.4) is 0 Å². The van der Waals surface area contributed by atoms with Crippen molar-refractivity contribution in [2.75, 3.05) is 0 Å². The Labute approximate surface area is 73.2 Å². The van der Waals surface area contributed by atoms with Gasteiger partial charge in [0.2, 0.25) is 0 Å². The molecule has 0 aliphatic rings. The lowest BCUT2D eigenvalue weighted by molar-refractivity contribution is -0.149. The standard InChI is InChI=1S/C8H18N2O2/c1-5(2)4-7(10)8(11)12-6(3)9/h5-7H,4,9-10H2,1-3H3/t6?,7-/m0/s1. The zero-order valence-corrected chi connectivity index (χ0v) is 7.91. The van der Waals surface area contributed by atoms with E-state index >= 15 is 0 Å². The first kappa shape index (κ1) is 11.4. The Hall–Kier alpha value is -0.610. The van der Waals surface area contributed by atoms with Crippen molar-refractivity contribution >= 4 is 5.97 Å². The molecule has 72 valence electrons. The fraction of sp³-hybridized carbons (Fsp3) is 0.875. The number of rotatable bonds is 4. The molecule has 0 bridgehead atoms. The Balaban J connectivity index is 3.77. The van der Waals surface area contributed by atoms with Crippen molar-refractivity contribution in [2.24, 2.45) is 17.4 Å². The Morgan fingerprint density at radius 1 is 1.33 bits per heavy atom. The highest BCUT2D eigenvalue weighted by Crippen LogP contribution is 2.04. The summed E-state index contributed by atoms with van der Waals surface area (Å²) in [6.45, 7) is 5.60. The number of carbonyl (C=O) groups excluding carboxylic acids is 1. The maximum absolute atomic E-state index is 11.1. The van der Waals surface area contributed by atoms with Gasteiger partial charge in [-0.25, -0.2) is 0 Å². The molecule has 0 aromatic rings. The van der Waals surface area contributed by atoms with Gasteiger partial charge in [0.25, 0.3) is 0 Å². The number of ether oxygens (including phenoxy) is 1. The highest BCUT2D eigenvalue weighted by molar-refractivity contribution is 5.75. The highest BCUT2D eigenvalue weighted by Gasteiger charge is 2.17. The van der Waals surface area contributed by atoms with Crippen molar-refractivity contribution in [3.8, 4) is 0 Å². The van der Waals surface area contributed by atoms with Crippen molar-refractivity contribution in [1.29, 1.82) is 0 Å². The zero-order chi connectivity index (χ0) is 9.72. The van der Waals surface area contributed by atoms with Gasteiger partial charge < -0.3 is 10.5 Å². The van der Waals surface area contributed by atoms with E-state index in [4.69, 9.17) is 16.2 Å². The summed E-state index contributed by atoms with van der Waals surface area (Å²) in [5.74, 6) is -0.0284. The molecular weight excluding hydrogens is 156 g/mol. The predicted molar refractivity (Wildman–Crippen MR) is 47.2 cm³/mol. The van der Waals surface area contributed by atoms with Gasteiger partial charge in [0.15, 0.2) is 0 Å². The van der Waals surface area contributed by atoms with Crippen molar-refractivity contribution < 1.29 is 9.53 Å². The van der Waals surface area contributed by atoms with Crippen LogP contribution >= 0.6 is 0 Å². The van der Waals surface area contributed by atoms with Gasteiger partial charge in [0, 0.05) is 0 Å². The van der Waals surface area contributed by atoms with Gasteiger partial charge in [-0.05, 0) is 19.3 Å². The van der Waals surface area contributed by atoms with Crippen LogP contribution in [0.15, 0.2) is 0 Å². The maximum Gasteiger partial charge on any atom is 0.324 e. The predicted octanol–water partition coefficient (Wildman–Crippen LogP) is 0.208. The number of nitrogens with two attached hydrogens (primary N) is 2. The maximum atomic E-state index is 11.1. The second-order valence-electron chi connectivity index (χ2n) is 3.38. The lowest BCUT2D eigenvalue weighted by Crippen LogP contribution is -2.37. The SMILES string of the molecule is CC(C)C[C@H](N)C(=O)OC(C)N. The smallest absolute Gasteiger partial charge is 0.324 e. The molecule has 0 aliphatic carbocycles. The van der Waals surface area contributed by atoms with Crippen molar-refractivity contribution in [3.63, 3.8) is 0 Å². The molecule has 0 spiro atoms. The molecule has 2 atom stereocenters. The average molecular weight is 174 g/mol. The first-order chi connectivity index (χ1) is 5.43.